The number of carbonyl (C=O) groups is 1. The van der Waals surface area contributed by atoms with Gasteiger partial charge in [-0.15, -0.1) is 0 Å². The van der Waals surface area contributed by atoms with Crippen LogP contribution in [0.15, 0.2) is 71.1 Å². The summed E-state index contributed by atoms with van der Waals surface area (Å²) in [7, 11) is 0. The maximum atomic E-state index is 12.4. The van der Waals surface area contributed by atoms with E-state index in [0.717, 1.165) is 27.5 Å². The largest absolute Gasteiger partial charge is 0.481 e. The molecule has 1 amide bonds. The molecule has 1 atom stereocenters. The summed E-state index contributed by atoms with van der Waals surface area (Å²) in [5.41, 5.74) is 3.41. The second-order valence-electron chi connectivity index (χ2n) is 6.37. The van der Waals surface area contributed by atoms with Crippen molar-refractivity contribution < 1.29 is 13.9 Å². The quantitative estimate of drug-likeness (QED) is 0.546. The fraction of sp³-hybridized carbons (Fsp3) is 0.136. The molecule has 4 aromatic rings. The van der Waals surface area contributed by atoms with Crippen molar-refractivity contribution in [3.63, 3.8) is 0 Å². The molecule has 0 saturated heterocycles. The number of amides is 1. The van der Waals surface area contributed by atoms with Crippen molar-refractivity contribution in [3.8, 4) is 5.75 Å². The van der Waals surface area contributed by atoms with Crippen LogP contribution >= 0.6 is 0 Å². The number of benzene rings is 3. The van der Waals surface area contributed by atoms with Crippen molar-refractivity contribution in [1.82, 2.24) is 0 Å². The second-order valence-corrected chi connectivity index (χ2v) is 6.37. The molecule has 1 heterocycles. The number of carbonyl (C=O) groups excluding carboxylic acids is 1. The van der Waals surface area contributed by atoms with Gasteiger partial charge in [-0.1, -0.05) is 35.9 Å². The van der Waals surface area contributed by atoms with Gasteiger partial charge in [-0.05, 0) is 44.2 Å². The zero-order chi connectivity index (χ0) is 18.1. The van der Waals surface area contributed by atoms with E-state index in [0.29, 0.717) is 11.4 Å². The number of para-hydroxylation sites is 1. The van der Waals surface area contributed by atoms with Crippen LogP contribution in [0.2, 0.25) is 0 Å². The minimum atomic E-state index is -0.607. The van der Waals surface area contributed by atoms with Gasteiger partial charge in [-0.2, -0.15) is 0 Å². The molecule has 0 bridgehead atoms. The van der Waals surface area contributed by atoms with Crippen LogP contribution in [0.5, 0.6) is 5.75 Å². The van der Waals surface area contributed by atoms with E-state index in [-0.39, 0.29) is 5.91 Å². The summed E-state index contributed by atoms with van der Waals surface area (Å²) in [6.07, 6.45) is -0.607. The standard InChI is InChI=1S/C22H19NO3/c1-14-7-10-17(11-8-14)25-15(2)22(24)23-16-9-12-19-18-5-3-4-6-20(18)26-21(19)13-16/h3-13,15H,1-2H3,(H,23,24). The number of rotatable bonds is 4. The minimum Gasteiger partial charge on any atom is -0.481 e. The lowest BCUT2D eigenvalue weighted by Gasteiger charge is -2.15. The number of anilines is 1. The smallest absolute Gasteiger partial charge is 0.265 e. The molecule has 0 radical (unpaired) electrons. The monoisotopic (exact) mass is 345 g/mol. The number of hydrogen-bond acceptors (Lipinski definition) is 3. The Kier molecular flexibility index (Phi) is 4.09. The van der Waals surface area contributed by atoms with Gasteiger partial charge in [0.15, 0.2) is 6.10 Å². The Morgan fingerprint density at radius 3 is 2.50 bits per heavy atom. The molecule has 3 aromatic carbocycles. The zero-order valence-electron chi connectivity index (χ0n) is 14.7. The third-order valence-electron chi connectivity index (χ3n) is 4.35. The lowest BCUT2D eigenvalue weighted by molar-refractivity contribution is -0.122. The molecule has 4 nitrogen and oxygen atoms in total. The third kappa shape index (κ3) is 3.14. The highest BCUT2D eigenvalue weighted by atomic mass is 16.5. The summed E-state index contributed by atoms with van der Waals surface area (Å²) >= 11 is 0. The van der Waals surface area contributed by atoms with Gasteiger partial charge in [0, 0.05) is 22.5 Å². The van der Waals surface area contributed by atoms with E-state index in [1.165, 1.54) is 0 Å². The van der Waals surface area contributed by atoms with Gasteiger partial charge in [0.1, 0.15) is 16.9 Å². The highest BCUT2D eigenvalue weighted by Crippen LogP contribution is 2.30. The van der Waals surface area contributed by atoms with Crippen LogP contribution in [0.3, 0.4) is 0 Å². The van der Waals surface area contributed by atoms with Crippen molar-refractivity contribution in [3.05, 3.63) is 72.3 Å². The van der Waals surface area contributed by atoms with Crippen molar-refractivity contribution in [2.45, 2.75) is 20.0 Å². The predicted molar refractivity (Wildman–Crippen MR) is 104 cm³/mol. The lowest BCUT2D eigenvalue weighted by Crippen LogP contribution is -2.30. The van der Waals surface area contributed by atoms with Gasteiger partial charge in [-0.25, -0.2) is 0 Å². The van der Waals surface area contributed by atoms with Crippen molar-refractivity contribution in [1.29, 1.82) is 0 Å². The van der Waals surface area contributed by atoms with E-state index >= 15 is 0 Å². The Bertz CT molecular complexity index is 1080. The fourth-order valence-electron chi connectivity index (χ4n) is 2.92. The first-order chi connectivity index (χ1) is 12.6. The van der Waals surface area contributed by atoms with Gasteiger partial charge < -0.3 is 14.5 Å². The molecule has 0 aliphatic rings. The lowest BCUT2D eigenvalue weighted by atomic mass is 10.1. The summed E-state index contributed by atoms with van der Waals surface area (Å²) in [5.74, 6) is 0.465. The second kappa shape index (κ2) is 6.56. The van der Waals surface area contributed by atoms with Gasteiger partial charge in [0.25, 0.3) is 5.91 Å². The van der Waals surface area contributed by atoms with Crippen LogP contribution in [-0.4, -0.2) is 12.0 Å². The maximum Gasteiger partial charge on any atom is 0.265 e. The normalized spacial score (nSPS) is 12.2. The van der Waals surface area contributed by atoms with E-state index in [4.69, 9.17) is 9.15 Å². The van der Waals surface area contributed by atoms with E-state index in [2.05, 4.69) is 5.32 Å². The van der Waals surface area contributed by atoms with Crippen LogP contribution in [0, 0.1) is 6.92 Å². The number of ether oxygens (including phenoxy) is 1. The predicted octanol–water partition coefficient (Wildman–Crippen LogP) is 5.30. The average molecular weight is 345 g/mol. The van der Waals surface area contributed by atoms with E-state index in [1.54, 1.807) is 6.92 Å². The van der Waals surface area contributed by atoms with Crippen molar-refractivity contribution in [2.24, 2.45) is 0 Å². The van der Waals surface area contributed by atoms with Crippen LogP contribution in [-0.2, 0) is 4.79 Å². The van der Waals surface area contributed by atoms with Gasteiger partial charge in [-0.3, -0.25) is 4.79 Å². The summed E-state index contributed by atoms with van der Waals surface area (Å²) in [6, 6.07) is 21.2. The molecule has 0 fully saturated rings. The molecule has 0 spiro atoms. The van der Waals surface area contributed by atoms with E-state index in [1.807, 2.05) is 73.7 Å². The molecule has 1 N–H and O–H groups in total. The Labute approximate surface area is 151 Å². The Morgan fingerprint density at radius 1 is 0.962 bits per heavy atom. The summed E-state index contributed by atoms with van der Waals surface area (Å²) < 4.78 is 11.6. The maximum absolute atomic E-state index is 12.4. The highest BCUT2D eigenvalue weighted by molar-refractivity contribution is 6.06. The zero-order valence-corrected chi connectivity index (χ0v) is 14.7. The summed E-state index contributed by atoms with van der Waals surface area (Å²) in [6.45, 7) is 3.74. The first-order valence-corrected chi connectivity index (χ1v) is 8.55. The van der Waals surface area contributed by atoms with Crippen LogP contribution < -0.4 is 10.1 Å². The molecule has 130 valence electrons. The summed E-state index contributed by atoms with van der Waals surface area (Å²) in [4.78, 5) is 12.4. The van der Waals surface area contributed by atoms with Crippen molar-refractivity contribution >= 4 is 33.5 Å². The molecule has 26 heavy (non-hydrogen) atoms. The third-order valence-corrected chi connectivity index (χ3v) is 4.35. The number of aryl methyl sites for hydroxylation is 1. The molecular weight excluding hydrogens is 326 g/mol. The minimum absolute atomic E-state index is 0.207. The Hall–Kier alpha value is -3.27. The molecule has 0 aliphatic heterocycles. The van der Waals surface area contributed by atoms with Gasteiger partial charge in [0.05, 0.1) is 0 Å². The number of hydrogen-bond donors (Lipinski definition) is 1. The molecular formula is C22H19NO3. The topological polar surface area (TPSA) is 51.5 Å². The number of fused-ring (bicyclic) bond motifs is 3. The molecule has 1 unspecified atom stereocenters. The highest BCUT2D eigenvalue weighted by Gasteiger charge is 2.16. The summed E-state index contributed by atoms with van der Waals surface area (Å²) in [5, 5.41) is 4.98. The van der Waals surface area contributed by atoms with Crippen LogP contribution in [0.25, 0.3) is 21.9 Å². The molecule has 0 aliphatic carbocycles. The Balaban J connectivity index is 1.51. The van der Waals surface area contributed by atoms with Crippen LogP contribution in [0.4, 0.5) is 5.69 Å². The molecule has 1 aromatic heterocycles. The molecule has 0 saturated carbocycles. The van der Waals surface area contributed by atoms with E-state index < -0.39 is 6.10 Å². The SMILES string of the molecule is Cc1ccc(OC(C)C(=O)Nc2ccc3c(c2)oc2ccccc23)cc1. The van der Waals surface area contributed by atoms with E-state index in [9.17, 15) is 4.79 Å². The number of furan rings is 1. The van der Waals surface area contributed by atoms with Crippen molar-refractivity contribution in [2.75, 3.05) is 5.32 Å². The van der Waals surface area contributed by atoms with Gasteiger partial charge >= 0.3 is 0 Å². The first-order valence-electron chi connectivity index (χ1n) is 8.55. The Morgan fingerprint density at radius 2 is 1.69 bits per heavy atom. The first kappa shape index (κ1) is 16.2. The van der Waals surface area contributed by atoms with Crippen LogP contribution in [0.1, 0.15) is 12.5 Å². The molecule has 4 rings (SSSR count). The van der Waals surface area contributed by atoms with Gasteiger partial charge in [0.2, 0.25) is 0 Å². The number of nitrogens with one attached hydrogen (secondary N) is 1. The average Bonchev–Trinajstić information content (AvgIpc) is 3.01. The fourth-order valence-corrected chi connectivity index (χ4v) is 2.92. The molecule has 4 heteroatoms.